The average molecular weight is 747 g/mol. The van der Waals surface area contributed by atoms with Crippen LogP contribution in [0.1, 0.15) is 103 Å². The molecule has 6 N–H and O–H groups in total. The Morgan fingerprint density at radius 1 is 0.846 bits per heavy atom. The first-order valence-electron chi connectivity index (χ1n) is 18.5. The van der Waals surface area contributed by atoms with E-state index in [1.54, 1.807) is 0 Å². The number of allylic oxidation sites excluding steroid dienone is 2. The van der Waals surface area contributed by atoms with E-state index in [-0.39, 0.29) is 11.8 Å². The highest BCUT2D eigenvalue weighted by Crippen LogP contribution is 2.42. The summed E-state index contributed by atoms with van der Waals surface area (Å²) in [6, 6.07) is 8.84. The van der Waals surface area contributed by atoms with Gasteiger partial charge in [0.2, 0.25) is 0 Å². The van der Waals surface area contributed by atoms with Gasteiger partial charge in [-0.3, -0.25) is 4.98 Å². The molecular weight excluding hydrogens is 693 g/mol. The van der Waals surface area contributed by atoms with Gasteiger partial charge in [-0.2, -0.15) is 11.8 Å². The van der Waals surface area contributed by atoms with Crippen molar-refractivity contribution in [3.8, 4) is 0 Å². The fourth-order valence-electron chi connectivity index (χ4n) is 7.75. The van der Waals surface area contributed by atoms with Crippen LogP contribution in [0, 0.1) is 20.8 Å². The van der Waals surface area contributed by atoms with Crippen LogP contribution in [-0.4, -0.2) is 94.1 Å². The van der Waals surface area contributed by atoms with Gasteiger partial charge in [0.1, 0.15) is 29.9 Å². The Labute approximate surface area is 315 Å². The SMILES string of the molecule is C=Cc1c(C)c2cc3nc(c(C)c4cc(C)c(cc5nc(cc1[nH]2)C(C)=C5CC)[nH]4)[C@@H](CCCSCCCS[C@@H]1O[C@H](CO)[C@@H](O)[C@H](O)[C@H]1O)[C@@H]3C. The molecule has 3 aromatic heterocycles. The predicted molar refractivity (Wildman–Crippen MR) is 217 cm³/mol. The maximum Gasteiger partial charge on any atom is 0.132 e. The molecule has 3 aliphatic heterocycles. The van der Waals surface area contributed by atoms with Gasteiger partial charge in [-0.25, -0.2) is 4.98 Å². The van der Waals surface area contributed by atoms with Crippen LogP contribution in [0.5, 0.6) is 0 Å². The number of H-pyrrole nitrogens is 2. The van der Waals surface area contributed by atoms with Gasteiger partial charge in [0.15, 0.2) is 0 Å². The molecule has 1 saturated heterocycles. The molecule has 6 heterocycles. The third kappa shape index (κ3) is 7.69. The molecule has 280 valence electrons. The average Bonchev–Trinajstić information content (AvgIpc) is 3.83. The summed E-state index contributed by atoms with van der Waals surface area (Å²) in [5.74, 6) is 3.29. The molecular formula is C41H54N4O5S2. The first-order chi connectivity index (χ1) is 25.0. The van der Waals surface area contributed by atoms with E-state index in [9.17, 15) is 20.4 Å². The lowest BCUT2D eigenvalue weighted by molar-refractivity contribution is -0.205. The molecule has 3 aromatic rings. The molecule has 3 aliphatic rings. The van der Waals surface area contributed by atoms with Crippen molar-refractivity contribution in [2.75, 3.05) is 23.9 Å². The van der Waals surface area contributed by atoms with Crippen molar-refractivity contribution in [3.05, 3.63) is 75.9 Å². The predicted octanol–water partition coefficient (Wildman–Crippen LogP) is 7.55. The van der Waals surface area contributed by atoms with Crippen LogP contribution in [-0.2, 0) is 4.74 Å². The molecule has 11 heteroatoms. The van der Waals surface area contributed by atoms with E-state index in [0.717, 1.165) is 98.9 Å². The lowest BCUT2D eigenvalue weighted by Gasteiger charge is -2.39. The standard InChI is InChI=1S/C41H54N4O5S2/c1-8-26-23(5)32-19-35-27(9-2)22(4)31(43-35)18-33-24(6)28(37(45-33)25(7)30-16-21(3)29(42-30)17-34(26)44-32)12-10-13-51-14-11-15-52-41-40(49)39(48)38(47)36(20-46)50-41/h9,16-19,24,28,36,38-43,46-49H,2,8,10-15,20H2,1,3-7H3/t24-,28-,36+,38+,39-,40+,41-/m0/s1. The number of aromatic amines is 2. The number of aromatic nitrogens is 4. The number of nitrogens with zero attached hydrogens (tertiary/aromatic N) is 2. The number of nitrogens with one attached hydrogen (secondary N) is 2. The quantitative estimate of drug-likeness (QED) is 0.103. The molecule has 52 heavy (non-hydrogen) atoms. The molecule has 8 bridgehead atoms. The van der Waals surface area contributed by atoms with Gasteiger partial charge in [-0.15, -0.1) is 11.8 Å². The molecule has 9 nitrogen and oxygen atoms in total. The van der Waals surface area contributed by atoms with Crippen LogP contribution in [0.2, 0.25) is 0 Å². The number of aliphatic hydroxyl groups is 4. The molecule has 1 fully saturated rings. The molecule has 0 aromatic carbocycles. The fourth-order valence-corrected chi connectivity index (χ4v) is 9.97. The maximum absolute atomic E-state index is 10.3. The van der Waals surface area contributed by atoms with Gasteiger partial charge in [0, 0.05) is 50.9 Å². The van der Waals surface area contributed by atoms with Gasteiger partial charge in [-0.05, 0) is 123 Å². The van der Waals surface area contributed by atoms with Crippen LogP contribution in [0.3, 0.4) is 0 Å². The second-order valence-corrected chi connectivity index (χ2v) is 16.8. The Morgan fingerprint density at radius 2 is 1.56 bits per heavy atom. The van der Waals surface area contributed by atoms with E-state index in [0.29, 0.717) is 0 Å². The minimum Gasteiger partial charge on any atom is -0.394 e. The summed E-state index contributed by atoms with van der Waals surface area (Å²) in [6.45, 7) is 16.9. The minimum atomic E-state index is -1.33. The van der Waals surface area contributed by atoms with E-state index in [1.807, 2.05) is 17.8 Å². The summed E-state index contributed by atoms with van der Waals surface area (Å²) in [4.78, 5) is 17.9. The minimum absolute atomic E-state index is 0.248. The fraction of sp³-hybridized carbons (Fsp3) is 0.512. The lowest BCUT2D eigenvalue weighted by atomic mass is 9.86. The molecule has 0 radical (unpaired) electrons. The van der Waals surface area contributed by atoms with E-state index >= 15 is 0 Å². The van der Waals surface area contributed by atoms with Crippen LogP contribution < -0.4 is 0 Å². The van der Waals surface area contributed by atoms with Gasteiger partial charge in [0.25, 0.3) is 0 Å². The highest BCUT2D eigenvalue weighted by Gasteiger charge is 2.43. The molecule has 6 rings (SSSR count). The monoisotopic (exact) mass is 746 g/mol. The number of fused-ring (bicyclic) bond motifs is 8. The lowest BCUT2D eigenvalue weighted by Crippen LogP contribution is -2.57. The van der Waals surface area contributed by atoms with Crippen molar-refractivity contribution < 1.29 is 25.2 Å². The summed E-state index contributed by atoms with van der Waals surface area (Å²) in [5, 5.41) is 39.9. The third-order valence-corrected chi connectivity index (χ3v) is 13.4. The zero-order valence-electron chi connectivity index (χ0n) is 31.2. The molecule has 0 saturated carbocycles. The van der Waals surface area contributed by atoms with E-state index in [2.05, 4.69) is 82.4 Å². The molecule has 0 aliphatic carbocycles. The second-order valence-electron chi connectivity index (χ2n) is 14.4. The molecule has 0 amide bonds. The first-order valence-corrected chi connectivity index (χ1v) is 20.7. The first kappa shape index (κ1) is 38.8. The van der Waals surface area contributed by atoms with Gasteiger partial charge in [-0.1, -0.05) is 26.5 Å². The topological polar surface area (TPSA) is 148 Å². The van der Waals surface area contributed by atoms with Crippen molar-refractivity contribution in [1.29, 1.82) is 0 Å². The summed E-state index contributed by atoms with van der Waals surface area (Å²) in [6.07, 6.45) is 1.14. The molecule has 0 spiro atoms. The van der Waals surface area contributed by atoms with E-state index in [1.165, 1.54) is 34.0 Å². The Bertz CT molecular complexity index is 1980. The third-order valence-electron chi connectivity index (χ3n) is 11.0. The van der Waals surface area contributed by atoms with E-state index < -0.39 is 36.5 Å². The highest BCUT2D eigenvalue weighted by molar-refractivity contribution is 8.00. The Balaban J connectivity index is 1.22. The number of rotatable bonds is 12. The van der Waals surface area contributed by atoms with Crippen molar-refractivity contribution >= 4 is 62.8 Å². The Hall–Kier alpha value is -2.90. The Kier molecular flexibility index (Phi) is 12.4. The summed E-state index contributed by atoms with van der Waals surface area (Å²) >= 11 is 3.34. The second kappa shape index (κ2) is 16.6. The van der Waals surface area contributed by atoms with Crippen LogP contribution >= 0.6 is 23.5 Å². The largest absolute Gasteiger partial charge is 0.394 e. The summed E-state index contributed by atoms with van der Waals surface area (Å²) < 4.78 is 5.63. The number of hydrogen-bond acceptors (Lipinski definition) is 9. The van der Waals surface area contributed by atoms with Gasteiger partial charge in [0.05, 0.1) is 18.0 Å². The number of aliphatic hydroxyl groups excluding tert-OH is 4. The smallest absolute Gasteiger partial charge is 0.132 e. The normalized spacial score (nSPS) is 24.8. The van der Waals surface area contributed by atoms with E-state index in [4.69, 9.17) is 14.7 Å². The molecule has 7 atom stereocenters. The number of thioether (sulfide) groups is 2. The van der Waals surface area contributed by atoms with Crippen LogP contribution in [0.25, 0.3) is 39.3 Å². The summed E-state index contributed by atoms with van der Waals surface area (Å²) in [5.41, 5.74) is 14.9. The van der Waals surface area contributed by atoms with Crippen LogP contribution in [0.15, 0.2) is 30.8 Å². The number of aryl methyl sites for hydroxylation is 3. The zero-order chi connectivity index (χ0) is 37.3. The number of ether oxygens (including phenoxy) is 1. The van der Waals surface area contributed by atoms with Gasteiger partial charge >= 0.3 is 0 Å². The van der Waals surface area contributed by atoms with Crippen LogP contribution in [0.4, 0.5) is 0 Å². The van der Waals surface area contributed by atoms with Crippen molar-refractivity contribution in [2.24, 2.45) is 0 Å². The number of hydrogen-bond donors (Lipinski definition) is 6. The van der Waals surface area contributed by atoms with Crippen molar-refractivity contribution in [1.82, 2.24) is 19.9 Å². The summed E-state index contributed by atoms with van der Waals surface area (Å²) in [7, 11) is 0. The van der Waals surface area contributed by atoms with Gasteiger partial charge < -0.3 is 35.1 Å². The molecule has 0 unspecified atom stereocenters. The highest BCUT2D eigenvalue weighted by atomic mass is 32.2. The van der Waals surface area contributed by atoms with Crippen molar-refractivity contribution in [2.45, 2.75) is 109 Å². The van der Waals surface area contributed by atoms with Crippen molar-refractivity contribution in [3.63, 3.8) is 0 Å². The maximum atomic E-state index is 10.3. The Morgan fingerprint density at radius 3 is 2.29 bits per heavy atom. The zero-order valence-corrected chi connectivity index (χ0v) is 32.8.